The summed E-state index contributed by atoms with van der Waals surface area (Å²) in [4.78, 5) is 10.7. The van der Waals surface area contributed by atoms with Crippen LogP contribution < -0.4 is 0 Å². The molecule has 0 aliphatic heterocycles. The second kappa shape index (κ2) is 5.10. The van der Waals surface area contributed by atoms with Gasteiger partial charge >= 0.3 is 0 Å². The summed E-state index contributed by atoms with van der Waals surface area (Å²) in [5.41, 5.74) is 0. The van der Waals surface area contributed by atoms with Gasteiger partial charge in [0.15, 0.2) is 0 Å². The molecule has 0 radical (unpaired) electrons. The van der Waals surface area contributed by atoms with Gasteiger partial charge in [-0.1, -0.05) is 19.3 Å². The quantitative estimate of drug-likeness (QED) is 0.560. The third-order valence-corrected chi connectivity index (χ3v) is 3.29. The first-order valence-corrected chi connectivity index (χ1v) is 5.86. The van der Waals surface area contributed by atoms with Gasteiger partial charge in [0, 0.05) is 0 Å². The zero-order chi connectivity index (χ0) is 9.80. The fourth-order valence-electron chi connectivity index (χ4n) is 2.33. The Kier molecular flexibility index (Phi) is 3.79. The molecule has 2 atom stereocenters. The van der Waals surface area contributed by atoms with E-state index in [1.165, 1.54) is 19.3 Å². The van der Waals surface area contributed by atoms with E-state index in [0.717, 1.165) is 32.1 Å². The molecule has 0 aromatic carbocycles. The summed E-state index contributed by atoms with van der Waals surface area (Å²) in [7, 11) is 0. The van der Waals surface area contributed by atoms with Gasteiger partial charge in [0.25, 0.3) is 0 Å². The van der Waals surface area contributed by atoms with E-state index >= 15 is 0 Å². The molecule has 3 heteroatoms. The Morgan fingerprint density at radius 1 is 0.786 bits per heavy atom. The lowest BCUT2D eigenvalue weighted by molar-refractivity contribution is -0.362. The van der Waals surface area contributed by atoms with Crippen LogP contribution >= 0.6 is 0 Å². The minimum atomic E-state index is -0.307. The van der Waals surface area contributed by atoms with Crippen LogP contribution in [0.2, 0.25) is 0 Å². The molecule has 2 aliphatic rings. The fraction of sp³-hybridized carbons (Fsp3) is 1.00. The average molecular weight is 200 g/mol. The summed E-state index contributed by atoms with van der Waals surface area (Å²) in [6.07, 6.45) is 8.80. The van der Waals surface area contributed by atoms with Gasteiger partial charge in [-0.2, -0.15) is 0 Å². The van der Waals surface area contributed by atoms with Crippen molar-refractivity contribution < 1.29 is 14.9 Å². The maximum Gasteiger partial charge on any atom is 0.119 e. The number of aliphatic hydroxyl groups is 1. The van der Waals surface area contributed by atoms with E-state index in [4.69, 9.17) is 9.78 Å². The molecule has 2 aliphatic carbocycles. The summed E-state index contributed by atoms with van der Waals surface area (Å²) >= 11 is 0. The second-order valence-corrected chi connectivity index (χ2v) is 4.49. The smallest absolute Gasteiger partial charge is 0.119 e. The fourth-order valence-corrected chi connectivity index (χ4v) is 2.33. The van der Waals surface area contributed by atoms with E-state index in [1.807, 2.05) is 0 Å². The Balaban J connectivity index is 1.65. The minimum Gasteiger partial charge on any atom is -0.390 e. The average Bonchev–Trinajstić information content (AvgIpc) is 2.63. The van der Waals surface area contributed by atoms with Crippen LogP contribution in [0.25, 0.3) is 0 Å². The van der Waals surface area contributed by atoms with Crippen molar-refractivity contribution in [2.24, 2.45) is 0 Å². The van der Waals surface area contributed by atoms with Crippen LogP contribution in [0.15, 0.2) is 0 Å². The van der Waals surface area contributed by atoms with E-state index in [9.17, 15) is 5.11 Å². The van der Waals surface area contributed by atoms with Gasteiger partial charge < -0.3 is 5.11 Å². The molecule has 2 unspecified atom stereocenters. The molecular weight excluding hydrogens is 180 g/mol. The Morgan fingerprint density at radius 3 is 2.21 bits per heavy atom. The summed E-state index contributed by atoms with van der Waals surface area (Å²) < 4.78 is 0. The third-order valence-electron chi connectivity index (χ3n) is 3.29. The Bertz CT molecular complexity index is 166. The molecule has 2 saturated carbocycles. The minimum absolute atomic E-state index is 0.0723. The highest BCUT2D eigenvalue weighted by molar-refractivity contribution is 4.76. The zero-order valence-corrected chi connectivity index (χ0v) is 8.65. The molecule has 82 valence electrons. The molecule has 14 heavy (non-hydrogen) atoms. The van der Waals surface area contributed by atoms with Crippen molar-refractivity contribution in [2.45, 2.75) is 69.7 Å². The SMILES string of the molecule is OC1CCCC1OOC1CCCCC1. The van der Waals surface area contributed by atoms with Gasteiger partial charge in [-0.3, -0.25) is 0 Å². The molecule has 3 nitrogen and oxygen atoms in total. The van der Waals surface area contributed by atoms with Crippen LogP contribution in [0.1, 0.15) is 51.4 Å². The summed E-state index contributed by atoms with van der Waals surface area (Å²) in [6, 6.07) is 0. The largest absolute Gasteiger partial charge is 0.390 e. The Morgan fingerprint density at radius 2 is 1.57 bits per heavy atom. The van der Waals surface area contributed by atoms with Crippen LogP contribution in [0.5, 0.6) is 0 Å². The Labute approximate surface area is 85.3 Å². The van der Waals surface area contributed by atoms with Crippen molar-refractivity contribution in [1.82, 2.24) is 0 Å². The van der Waals surface area contributed by atoms with Crippen LogP contribution in [-0.2, 0) is 9.78 Å². The molecule has 1 N–H and O–H groups in total. The van der Waals surface area contributed by atoms with Gasteiger partial charge in [-0.25, -0.2) is 9.78 Å². The molecule has 2 rings (SSSR count). The van der Waals surface area contributed by atoms with Crippen molar-refractivity contribution in [1.29, 1.82) is 0 Å². The van der Waals surface area contributed by atoms with Gasteiger partial charge in [0.05, 0.1) is 12.2 Å². The third kappa shape index (κ3) is 2.69. The highest BCUT2D eigenvalue weighted by atomic mass is 17.2. The number of hydrogen-bond acceptors (Lipinski definition) is 3. The number of rotatable bonds is 3. The molecule has 2 fully saturated rings. The zero-order valence-electron chi connectivity index (χ0n) is 8.65. The summed E-state index contributed by atoms with van der Waals surface area (Å²) in [5, 5.41) is 9.51. The molecule has 0 aromatic heterocycles. The van der Waals surface area contributed by atoms with Crippen molar-refractivity contribution >= 4 is 0 Å². The monoisotopic (exact) mass is 200 g/mol. The van der Waals surface area contributed by atoms with E-state index in [-0.39, 0.29) is 18.3 Å². The van der Waals surface area contributed by atoms with Crippen LogP contribution in [0, 0.1) is 0 Å². The van der Waals surface area contributed by atoms with Crippen LogP contribution in [0.4, 0.5) is 0 Å². The van der Waals surface area contributed by atoms with Crippen molar-refractivity contribution in [2.75, 3.05) is 0 Å². The van der Waals surface area contributed by atoms with Gasteiger partial charge in [0.2, 0.25) is 0 Å². The first-order chi connectivity index (χ1) is 6.86. The van der Waals surface area contributed by atoms with E-state index in [2.05, 4.69) is 0 Å². The van der Waals surface area contributed by atoms with Crippen LogP contribution in [0.3, 0.4) is 0 Å². The molecular formula is C11H20O3. The highest BCUT2D eigenvalue weighted by Crippen LogP contribution is 2.25. The maximum atomic E-state index is 9.51. The van der Waals surface area contributed by atoms with Gasteiger partial charge in [0.1, 0.15) is 6.10 Å². The van der Waals surface area contributed by atoms with Gasteiger partial charge in [-0.15, -0.1) is 0 Å². The molecule has 0 bridgehead atoms. The topological polar surface area (TPSA) is 38.7 Å². The van der Waals surface area contributed by atoms with E-state index in [0.29, 0.717) is 0 Å². The van der Waals surface area contributed by atoms with Gasteiger partial charge in [-0.05, 0) is 32.1 Å². The van der Waals surface area contributed by atoms with Crippen molar-refractivity contribution in [3.8, 4) is 0 Å². The highest BCUT2D eigenvalue weighted by Gasteiger charge is 2.28. The van der Waals surface area contributed by atoms with E-state index in [1.54, 1.807) is 0 Å². The lowest BCUT2D eigenvalue weighted by Crippen LogP contribution is -2.26. The molecule has 0 saturated heterocycles. The molecule has 0 amide bonds. The summed E-state index contributed by atoms with van der Waals surface area (Å²) in [6.45, 7) is 0. The second-order valence-electron chi connectivity index (χ2n) is 4.49. The standard InChI is InChI=1S/C11H20O3/c12-10-7-4-8-11(10)14-13-9-5-2-1-3-6-9/h9-12H,1-8H2. The Hall–Kier alpha value is -0.120. The van der Waals surface area contributed by atoms with E-state index < -0.39 is 0 Å². The first kappa shape index (κ1) is 10.4. The lowest BCUT2D eigenvalue weighted by atomic mass is 9.98. The first-order valence-electron chi connectivity index (χ1n) is 5.86. The maximum absolute atomic E-state index is 9.51. The van der Waals surface area contributed by atoms with Crippen LogP contribution in [-0.4, -0.2) is 23.4 Å². The number of hydrogen-bond donors (Lipinski definition) is 1. The van der Waals surface area contributed by atoms with Crippen molar-refractivity contribution in [3.63, 3.8) is 0 Å². The predicted octanol–water partition coefficient (Wildman–Crippen LogP) is 2.18. The molecule has 0 aromatic rings. The normalized spacial score (nSPS) is 34.9. The lowest BCUT2D eigenvalue weighted by Gasteiger charge is -2.23. The molecule has 0 spiro atoms. The number of aliphatic hydroxyl groups excluding tert-OH is 1. The summed E-state index contributed by atoms with van der Waals surface area (Å²) in [5.74, 6) is 0. The molecule has 0 heterocycles. The van der Waals surface area contributed by atoms with Crippen molar-refractivity contribution in [3.05, 3.63) is 0 Å². The predicted molar refractivity (Wildman–Crippen MR) is 52.7 cm³/mol.